The zero-order valence-corrected chi connectivity index (χ0v) is 19.2. The lowest BCUT2D eigenvalue weighted by atomic mass is 9.88. The zero-order chi connectivity index (χ0) is 24.3. The molecule has 1 fully saturated rings. The van der Waals surface area contributed by atoms with Crippen LogP contribution in [0, 0.1) is 0 Å². The van der Waals surface area contributed by atoms with Crippen LogP contribution in [0.4, 0.5) is 24.5 Å². The molecule has 2 N–H and O–H groups in total. The molecule has 1 aliphatic rings. The van der Waals surface area contributed by atoms with Gasteiger partial charge in [0, 0.05) is 43.1 Å². The largest absolute Gasteiger partial charge is 0.416 e. The number of nitrogens with zero attached hydrogens (tertiary/aromatic N) is 1. The number of anilines is 2. The maximum atomic E-state index is 13.3. The van der Waals surface area contributed by atoms with Crippen molar-refractivity contribution in [3.8, 4) is 11.1 Å². The van der Waals surface area contributed by atoms with Gasteiger partial charge in [0.25, 0.3) is 5.91 Å². The van der Waals surface area contributed by atoms with Gasteiger partial charge in [-0.25, -0.2) is 0 Å². The second-order valence-corrected chi connectivity index (χ2v) is 8.74. The van der Waals surface area contributed by atoms with Crippen molar-refractivity contribution in [2.45, 2.75) is 25.9 Å². The normalized spacial score (nSPS) is 14.4. The topological polar surface area (TPSA) is 44.4 Å². The van der Waals surface area contributed by atoms with E-state index in [4.69, 9.17) is 0 Å². The summed E-state index contributed by atoms with van der Waals surface area (Å²) in [7, 11) is 0. The summed E-state index contributed by atoms with van der Waals surface area (Å²) in [5.74, 6) is -0.212. The van der Waals surface area contributed by atoms with Crippen molar-refractivity contribution in [2.24, 2.45) is 0 Å². The molecule has 1 saturated heterocycles. The maximum absolute atomic E-state index is 13.3. The van der Waals surface area contributed by atoms with Gasteiger partial charge in [-0.05, 0) is 65.1 Å². The van der Waals surface area contributed by atoms with Gasteiger partial charge in [0.2, 0.25) is 0 Å². The molecule has 0 saturated carbocycles. The highest BCUT2D eigenvalue weighted by molar-refractivity contribution is 6.09. The van der Waals surface area contributed by atoms with E-state index in [-0.39, 0.29) is 11.8 Å². The van der Waals surface area contributed by atoms with E-state index in [9.17, 15) is 18.0 Å². The summed E-state index contributed by atoms with van der Waals surface area (Å²) in [6.45, 7) is 7.75. The summed E-state index contributed by atoms with van der Waals surface area (Å²) in [4.78, 5) is 15.6. The fourth-order valence-corrected chi connectivity index (χ4v) is 4.27. The van der Waals surface area contributed by atoms with Crippen LogP contribution in [0.5, 0.6) is 0 Å². The van der Waals surface area contributed by atoms with E-state index < -0.39 is 11.7 Å². The molecule has 4 rings (SSSR count). The second-order valence-electron chi connectivity index (χ2n) is 8.74. The van der Waals surface area contributed by atoms with E-state index in [0.717, 1.165) is 49.6 Å². The van der Waals surface area contributed by atoms with Gasteiger partial charge in [0.15, 0.2) is 0 Å². The first-order valence-electron chi connectivity index (χ1n) is 11.4. The molecule has 0 spiro atoms. The third-order valence-electron chi connectivity index (χ3n) is 6.07. The highest BCUT2D eigenvalue weighted by Gasteiger charge is 2.30. The fraction of sp³-hybridized carbons (Fsp3) is 0.296. The SMILES string of the molecule is CC(C)c1cccc(C(=O)Nc2ccc(N3CCNCC3)cc2)c1-c1ccc(C(F)(F)F)cc1. The van der Waals surface area contributed by atoms with Crippen LogP contribution in [0.25, 0.3) is 11.1 Å². The van der Waals surface area contributed by atoms with Crippen LogP contribution >= 0.6 is 0 Å². The molecule has 1 heterocycles. The monoisotopic (exact) mass is 467 g/mol. The van der Waals surface area contributed by atoms with E-state index >= 15 is 0 Å². The van der Waals surface area contributed by atoms with E-state index in [0.29, 0.717) is 22.4 Å². The molecule has 0 aliphatic carbocycles. The molecule has 0 bridgehead atoms. The van der Waals surface area contributed by atoms with Crippen LogP contribution < -0.4 is 15.5 Å². The maximum Gasteiger partial charge on any atom is 0.416 e. The van der Waals surface area contributed by atoms with Gasteiger partial charge in [0.1, 0.15) is 0 Å². The Morgan fingerprint density at radius 2 is 1.59 bits per heavy atom. The first kappa shape index (κ1) is 23.8. The quantitative estimate of drug-likeness (QED) is 0.473. The predicted molar refractivity (Wildman–Crippen MR) is 130 cm³/mol. The van der Waals surface area contributed by atoms with Crippen LogP contribution in [0.1, 0.15) is 41.3 Å². The smallest absolute Gasteiger partial charge is 0.369 e. The number of carbonyl (C=O) groups is 1. The minimum Gasteiger partial charge on any atom is -0.369 e. The number of carbonyl (C=O) groups excluding carboxylic acids is 1. The molecule has 0 aromatic heterocycles. The zero-order valence-electron chi connectivity index (χ0n) is 19.2. The standard InChI is InChI=1S/C27H28F3N3O/c1-18(2)23-4-3-5-24(25(23)19-6-8-20(9-7-19)27(28,29)30)26(34)32-21-10-12-22(13-11-21)33-16-14-31-15-17-33/h3-13,18,31H,14-17H2,1-2H3,(H,32,34). The lowest BCUT2D eigenvalue weighted by Crippen LogP contribution is -2.43. The molecule has 34 heavy (non-hydrogen) atoms. The average molecular weight is 468 g/mol. The Kier molecular flexibility index (Phi) is 6.93. The molecule has 0 radical (unpaired) electrons. The van der Waals surface area contributed by atoms with Gasteiger partial charge in [-0.15, -0.1) is 0 Å². The number of rotatable bonds is 5. The third-order valence-corrected chi connectivity index (χ3v) is 6.07. The molecule has 3 aromatic carbocycles. The highest BCUT2D eigenvalue weighted by atomic mass is 19.4. The van der Waals surface area contributed by atoms with Crippen LogP contribution in [-0.2, 0) is 6.18 Å². The number of hydrogen-bond donors (Lipinski definition) is 2. The lowest BCUT2D eigenvalue weighted by molar-refractivity contribution is -0.137. The number of alkyl halides is 3. The summed E-state index contributed by atoms with van der Waals surface area (Å²) in [5, 5.41) is 6.28. The summed E-state index contributed by atoms with van der Waals surface area (Å²) < 4.78 is 39.2. The Hall–Kier alpha value is -3.32. The molecular weight excluding hydrogens is 439 g/mol. The van der Waals surface area contributed by atoms with Gasteiger partial charge < -0.3 is 15.5 Å². The van der Waals surface area contributed by atoms with Gasteiger partial charge in [-0.3, -0.25) is 4.79 Å². The summed E-state index contributed by atoms with van der Waals surface area (Å²) in [6, 6.07) is 18.1. The Balaban J connectivity index is 1.62. The van der Waals surface area contributed by atoms with Gasteiger partial charge in [0.05, 0.1) is 5.56 Å². The fourth-order valence-electron chi connectivity index (χ4n) is 4.27. The summed E-state index contributed by atoms with van der Waals surface area (Å²) in [5.41, 5.74) is 3.62. The van der Waals surface area contributed by atoms with Crippen molar-refractivity contribution >= 4 is 17.3 Å². The third kappa shape index (κ3) is 5.25. The van der Waals surface area contributed by atoms with Crippen molar-refractivity contribution in [3.05, 3.63) is 83.4 Å². The second kappa shape index (κ2) is 9.89. The molecule has 3 aromatic rings. The summed E-state index contributed by atoms with van der Waals surface area (Å²) in [6.07, 6.45) is -4.41. The van der Waals surface area contributed by atoms with E-state index in [1.807, 2.05) is 50.2 Å². The molecule has 1 amide bonds. The minimum absolute atomic E-state index is 0.0864. The minimum atomic E-state index is -4.41. The van der Waals surface area contributed by atoms with Gasteiger partial charge >= 0.3 is 6.18 Å². The van der Waals surface area contributed by atoms with Crippen molar-refractivity contribution < 1.29 is 18.0 Å². The first-order valence-corrected chi connectivity index (χ1v) is 11.4. The Morgan fingerprint density at radius 3 is 2.18 bits per heavy atom. The van der Waals surface area contributed by atoms with Gasteiger partial charge in [-0.2, -0.15) is 13.2 Å². The molecule has 178 valence electrons. The predicted octanol–water partition coefficient (Wildman–Crippen LogP) is 6.16. The number of hydrogen-bond acceptors (Lipinski definition) is 3. The van der Waals surface area contributed by atoms with Crippen molar-refractivity contribution in [1.82, 2.24) is 5.32 Å². The molecule has 1 aliphatic heterocycles. The Morgan fingerprint density at radius 1 is 0.941 bits per heavy atom. The Labute approximate surface area is 197 Å². The van der Waals surface area contributed by atoms with Crippen LogP contribution in [0.3, 0.4) is 0 Å². The van der Waals surface area contributed by atoms with Crippen molar-refractivity contribution in [2.75, 3.05) is 36.4 Å². The van der Waals surface area contributed by atoms with Crippen molar-refractivity contribution in [3.63, 3.8) is 0 Å². The van der Waals surface area contributed by atoms with Crippen LogP contribution in [0.15, 0.2) is 66.7 Å². The van der Waals surface area contributed by atoms with Crippen molar-refractivity contribution in [1.29, 1.82) is 0 Å². The van der Waals surface area contributed by atoms with E-state index in [2.05, 4.69) is 15.5 Å². The molecular formula is C27H28F3N3O. The first-order chi connectivity index (χ1) is 16.2. The molecule has 0 atom stereocenters. The lowest BCUT2D eigenvalue weighted by Gasteiger charge is -2.29. The highest BCUT2D eigenvalue weighted by Crippen LogP contribution is 2.36. The number of nitrogens with one attached hydrogen (secondary N) is 2. The summed E-state index contributed by atoms with van der Waals surface area (Å²) >= 11 is 0. The molecule has 4 nitrogen and oxygen atoms in total. The molecule has 0 unspecified atom stereocenters. The number of piperazine rings is 1. The van der Waals surface area contributed by atoms with Gasteiger partial charge in [-0.1, -0.05) is 38.1 Å². The number of benzene rings is 3. The molecule has 7 heteroatoms. The van der Waals surface area contributed by atoms with Crippen LogP contribution in [0.2, 0.25) is 0 Å². The van der Waals surface area contributed by atoms with E-state index in [1.165, 1.54) is 12.1 Å². The van der Waals surface area contributed by atoms with Crippen LogP contribution in [-0.4, -0.2) is 32.1 Å². The number of amides is 1. The number of halogens is 3. The average Bonchev–Trinajstić information content (AvgIpc) is 2.84. The van der Waals surface area contributed by atoms with E-state index in [1.54, 1.807) is 6.07 Å². The Bertz CT molecular complexity index is 1130.